The van der Waals surface area contributed by atoms with Crippen molar-refractivity contribution in [3.8, 4) is 0 Å². The molecule has 0 saturated carbocycles. The van der Waals surface area contributed by atoms with E-state index in [2.05, 4.69) is 4.90 Å². The highest BCUT2D eigenvalue weighted by atomic mass is 35.5. The van der Waals surface area contributed by atoms with E-state index >= 15 is 0 Å². The third-order valence-electron chi connectivity index (χ3n) is 4.06. The van der Waals surface area contributed by atoms with Crippen LogP contribution in [-0.2, 0) is 4.79 Å². The third kappa shape index (κ3) is 4.43. The lowest BCUT2D eigenvalue weighted by atomic mass is 9.95. The largest absolute Gasteiger partial charge is 0.387 e. The van der Waals surface area contributed by atoms with Crippen molar-refractivity contribution in [3.05, 3.63) is 34.9 Å². The van der Waals surface area contributed by atoms with Crippen molar-refractivity contribution in [2.45, 2.75) is 18.9 Å². The van der Waals surface area contributed by atoms with E-state index in [1.165, 1.54) is 0 Å². The molecule has 1 aliphatic rings. The van der Waals surface area contributed by atoms with E-state index in [9.17, 15) is 9.90 Å². The quantitative estimate of drug-likeness (QED) is 0.927. The molecule has 1 aromatic rings. The van der Waals surface area contributed by atoms with Crippen LogP contribution in [0.3, 0.4) is 0 Å². The SMILES string of the molecule is CN(C)C(=O)C1CCN(CC(O)c2ccc(Cl)cc2)CC1. The summed E-state index contributed by atoms with van der Waals surface area (Å²) in [7, 11) is 3.61. The van der Waals surface area contributed by atoms with E-state index in [0.717, 1.165) is 31.5 Å². The second-order valence-electron chi connectivity index (χ2n) is 5.87. The number of hydrogen-bond donors (Lipinski definition) is 1. The molecule has 5 heteroatoms. The van der Waals surface area contributed by atoms with Gasteiger partial charge in [0.25, 0.3) is 0 Å². The molecule has 116 valence electrons. The van der Waals surface area contributed by atoms with Crippen LogP contribution >= 0.6 is 11.6 Å². The van der Waals surface area contributed by atoms with E-state index < -0.39 is 6.10 Å². The van der Waals surface area contributed by atoms with Crippen molar-refractivity contribution < 1.29 is 9.90 Å². The average molecular weight is 311 g/mol. The topological polar surface area (TPSA) is 43.8 Å². The number of benzene rings is 1. The minimum atomic E-state index is -0.511. The molecule has 1 fully saturated rings. The Morgan fingerprint density at radius 3 is 2.43 bits per heavy atom. The van der Waals surface area contributed by atoms with E-state index in [1.807, 2.05) is 12.1 Å². The minimum Gasteiger partial charge on any atom is -0.387 e. The smallest absolute Gasteiger partial charge is 0.225 e. The molecule has 1 aromatic carbocycles. The molecule has 1 atom stereocenters. The Bertz CT molecular complexity index is 468. The maximum Gasteiger partial charge on any atom is 0.225 e. The lowest BCUT2D eigenvalue weighted by Gasteiger charge is -2.33. The summed E-state index contributed by atoms with van der Waals surface area (Å²) in [5, 5.41) is 10.9. The third-order valence-corrected chi connectivity index (χ3v) is 4.32. The van der Waals surface area contributed by atoms with E-state index in [4.69, 9.17) is 11.6 Å². The maximum absolute atomic E-state index is 11.9. The van der Waals surface area contributed by atoms with Gasteiger partial charge in [0, 0.05) is 31.6 Å². The zero-order chi connectivity index (χ0) is 15.4. The summed E-state index contributed by atoms with van der Waals surface area (Å²) >= 11 is 5.85. The minimum absolute atomic E-state index is 0.129. The van der Waals surface area contributed by atoms with Crippen molar-refractivity contribution in [2.75, 3.05) is 33.7 Å². The van der Waals surface area contributed by atoms with Gasteiger partial charge in [-0.1, -0.05) is 23.7 Å². The molecule has 1 N–H and O–H groups in total. The summed E-state index contributed by atoms with van der Waals surface area (Å²) in [6.07, 6.45) is 1.22. The lowest BCUT2D eigenvalue weighted by Crippen LogP contribution is -2.41. The van der Waals surface area contributed by atoms with Crippen LogP contribution in [-0.4, -0.2) is 54.5 Å². The summed E-state index contributed by atoms with van der Waals surface area (Å²) < 4.78 is 0. The number of carbonyl (C=O) groups is 1. The summed E-state index contributed by atoms with van der Waals surface area (Å²) in [6.45, 7) is 2.31. The Hall–Kier alpha value is -1.10. The van der Waals surface area contributed by atoms with Crippen LogP contribution in [0.4, 0.5) is 0 Å². The van der Waals surface area contributed by atoms with Crippen LogP contribution in [0.2, 0.25) is 5.02 Å². The fourth-order valence-corrected chi connectivity index (χ4v) is 2.89. The lowest BCUT2D eigenvalue weighted by molar-refractivity contribution is -0.134. The van der Waals surface area contributed by atoms with Crippen LogP contribution in [0.1, 0.15) is 24.5 Å². The van der Waals surface area contributed by atoms with Gasteiger partial charge in [-0.05, 0) is 43.6 Å². The first kappa shape index (κ1) is 16.3. The van der Waals surface area contributed by atoms with Crippen molar-refractivity contribution in [1.29, 1.82) is 0 Å². The van der Waals surface area contributed by atoms with Crippen LogP contribution in [0, 0.1) is 5.92 Å². The summed E-state index contributed by atoms with van der Waals surface area (Å²) in [4.78, 5) is 15.8. The van der Waals surface area contributed by atoms with Crippen molar-refractivity contribution in [3.63, 3.8) is 0 Å². The normalized spacial score (nSPS) is 18.5. The molecule has 1 aliphatic heterocycles. The number of hydrogen-bond acceptors (Lipinski definition) is 3. The number of amides is 1. The second-order valence-corrected chi connectivity index (χ2v) is 6.31. The van der Waals surface area contributed by atoms with Crippen molar-refractivity contribution in [2.24, 2.45) is 5.92 Å². The van der Waals surface area contributed by atoms with Gasteiger partial charge < -0.3 is 14.9 Å². The molecule has 1 amide bonds. The van der Waals surface area contributed by atoms with Gasteiger partial charge in [-0.3, -0.25) is 4.79 Å². The number of carbonyl (C=O) groups excluding carboxylic acids is 1. The van der Waals surface area contributed by atoms with Gasteiger partial charge >= 0.3 is 0 Å². The highest BCUT2D eigenvalue weighted by molar-refractivity contribution is 6.30. The molecule has 21 heavy (non-hydrogen) atoms. The molecule has 1 unspecified atom stereocenters. The Morgan fingerprint density at radius 1 is 1.33 bits per heavy atom. The Balaban J connectivity index is 1.83. The highest BCUT2D eigenvalue weighted by Gasteiger charge is 2.26. The number of aliphatic hydroxyl groups excluding tert-OH is 1. The number of β-amino-alcohol motifs (C(OH)–C–C–N with tert-alkyl or cyclic N) is 1. The molecular weight excluding hydrogens is 288 g/mol. The van der Waals surface area contributed by atoms with Gasteiger partial charge in [-0.2, -0.15) is 0 Å². The Morgan fingerprint density at radius 2 is 1.90 bits per heavy atom. The Labute approximate surface area is 131 Å². The highest BCUT2D eigenvalue weighted by Crippen LogP contribution is 2.22. The van der Waals surface area contributed by atoms with Gasteiger partial charge in [0.2, 0.25) is 5.91 Å². The zero-order valence-electron chi connectivity index (χ0n) is 12.6. The van der Waals surface area contributed by atoms with Crippen LogP contribution in [0.5, 0.6) is 0 Å². The second kappa shape index (κ2) is 7.25. The predicted octanol–water partition coefficient (Wildman–Crippen LogP) is 2.17. The van der Waals surface area contributed by atoms with Gasteiger partial charge in [0.15, 0.2) is 0 Å². The first-order valence-electron chi connectivity index (χ1n) is 7.34. The first-order valence-corrected chi connectivity index (χ1v) is 7.72. The first-order chi connectivity index (χ1) is 9.97. The molecule has 1 saturated heterocycles. The molecule has 0 radical (unpaired) electrons. The van der Waals surface area contributed by atoms with Gasteiger partial charge in [0.05, 0.1) is 6.10 Å². The van der Waals surface area contributed by atoms with E-state index in [-0.39, 0.29) is 11.8 Å². The predicted molar refractivity (Wildman–Crippen MR) is 84.3 cm³/mol. The molecule has 2 rings (SSSR count). The zero-order valence-corrected chi connectivity index (χ0v) is 13.4. The summed E-state index contributed by atoms with van der Waals surface area (Å²) in [6, 6.07) is 7.30. The number of piperidine rings is 1. The van der Waals surface area contributed by atoms with E-state index in [1.54, 1.807) is 31.1 Å². The molecule has 4 nitrogen and oxygen atoms in total. The molecule has 0 aromatic heterocycles. The number of rotatable bonds is 4. The fourth-order valence-electron chi connectivity index (χ4n) is 2.76. The fraction of sp³-hybridized carbons (Fsp3) is 0.562. The molecule has 0 bridgehead atoms. The van der Waals surface area contributed by atoms with Crippen molar-refractivity contribution >= 4 is 17.5 Å². The Kier molecular flexibility index (Phi) is 5.62. The monoisotopic (exact) mass is 310 g/mol. The van der Waals surface area contributed by atoms with Crippen LogP contribution in [0.15, 0.2) is 24.3 Å². The average Bonchev–Trinajstić information content (AvgIpc) is 2.47. The standard InChI is InChI=1S/C16H23ClN2O2/c1-18(2)16(21)13-7-9-19(10-8-13)11-15(20)12-3-5-14(17)6-4-12/h3-6,13,15,20H,7-11H2,1-2H3. The number of nitrogens with zero attached hydrogens (tertiary/aromatic N) is 2. The van der Waals surface area contributed by atoms with Crippen LogP contribution in [0.25, 0.3) is 0 Å². The van der Waals surface area contributed by atoms with Gasteiger partial charge in [0.1, 0.15) is 0 Å². The molecule has 0 aliphatic carbocycles. The van der Waals surface area contributed by atoms with Gasteiger partial charge in [-0.25, -0.2) is 0 Å². The molecular formula is C16H23ClN2O2. The number of halogens is 1. The number of aliphatic hydroxyl groups is 1. The summed E-state index contributed by atoms with van der Waals surface area (Å²) in [5.74, 6) is 0.344. The van der Waals surface area contributed by atoms with Gasteiger partial charge in [-0.15, -0.1) is 0 Å². The molecule has 1 heterocycles. The van der Waals surface area contributed by atoms with Crippen molar-refractivity contribution in [1.82, 2.24) is 9.80 Å². The molecule has 0 spiro atoms. The number of likely N-dealkylation sites (tertiary alicyclic amines) is 1. The summed E-state index contributed by atoms with van der Waals surface area (Å²) in [5.41, 5.74) is 0.880. The maximum atomic E-state index is 11.9. The van der Waals surface area contributed by atoms with E-state index in [0.29, 0.717) is 11.6 Å². The van der Waals surface area contributed by atoms with Crippen LogP contribution < -0.4 is 0 Å².